The van der Waals surface area contributed by atoms with Crippen LogP contribution >= 0.6 is 0 Å². The maximum absolute atomic E-state index is 2.36. The van der Waals surface area contributed by atoms with Crippen LogP contribution < -0.4 is 4.90 Å². The zero-order valence-electron chi connectivity index (χ0n) is 34.9. The number of benzene rings is 10. The standard InChI is InChI=1S/C62H43N/c1-2-8-42(9-3-1)45-26-32-56(33-27-45)63(57-34-28-46(29-35-57)43-14-18-48(19-15-43)50-22-24-54-38-52-10-4-6-12-59(52)61(54)40-50)58-36-30-47(31-37-58)44-16-20-49(21-17-44)51-23-25-55-39-53-11-5-7-13-60(53)62(55)41-51/h1-37,40-41H,38-39H2. The fourth-order valence-corrected chi connectivity index (χ4v) is 9.80. The molecule has 0 fully saturated rings. The maximum Gasteiger partial charge on any atom is 0.0462 e. The first-order valence-electron chi connectivity index (χ1n) is 22.0. The van der Waals surface area contributed by atoms with Crippen molar-refractivity contribution in [3.63, 3.8) is 0 Å². The number of rotatable bonds is 8. The first kappa shape index (κ1) is 36.8. The quantitative estimate of drug-likeness (QED) is 0.148. The molecular formula is C62H43N. The molecule has 0 amide bonds. The fourth-order valence-electron chi connectivity index (χ4n) is 9.80. The van der Waals surface area contributed by atoms with Gasteiger partial charge < -0.3 is 4.90 Å². The van der Waals surface area contributed by atoms with Crippen LogP contribution in [-0.4, -0.2) is 0 Å². The van der Waals surface area contributed by atoms with E-state index in [1.807, 2.05) is 0 Å². The smallest absolute Gasteiger partial charge is 0.0462 e. The van der Waals surface area contributed by atoms with Crippen LogP contribution in [0.4, 0.5) is 17.1 Å². The molecule has 0 aliphatic heterocycles. The number of fused-ring (bicyclic) bond motifs is 6. The minimum Gasteiger partial charge on any atom is -0.311 e. The van der Waals surface area contributed by atoms with E-state index in [1.54, 1.807) is 0 Å². The summed E-state index contributed by atoms with van der Waals surface area (Å²) in [5.74, 6) is 0. The largest absolute Gasteiger partial charge is 0.311 e. The maximum atomic E-state index is 2.36. The molecule has 0 atom stereocenters. The van der Waals surface area contributed by atoms with Crippen molar-refractivity contribution in [3.8, 4) is 77.9 Å². The summed E-state index contributed by atoms with van der Waals surface area (Å²) in [6, 6.07) is 87.0. The van der Waals surface area contributed by atoms with Crippen LogP contribution in [0.5, 0.6) is 0 Å². The molecular weight excluding hydrogens is 759 g/mol. The van der Waals surface area contributed by atoms with Crippen LogP contribution in [-0.2, 0) is 12.8 Å². The van der Waals surface area contributed by atoms with Crippen molar-refractivity contribution in [2.75, 3.05) is 4.90 Å². The summed E-state index contributed by atoms with van der Waals surface area (Å²) in [5.41, 5.74) is 26.6. The van der Waals surface area contributed by atoms with E-state index < -0.39 is 0 Å². The summed E-state index contributed by atoms with van der Waals surface area (Å²) < 4.78 is 0. The third-order valence-electron chi connectivity index (χ3n) is 13.2. The average molecular weight is 802 g/mol. The Morgan fingerprint density at radius 1 is 0.206 bits per heavy atom. The Morgan fingerprint density at radius 2 is 0.476 bits per heavy atom. The van der Waals surface area contributed by atoms with Gasteiger partial charge in [-0.25, -0.2) is 0 Å². The van der Waals surface area contributed by atoms with Gasteiger partial charge in [-0.1, -0.05) is 188 Å². The lowest BCUT2D eigenvalue weighted by atomic mass is 9.96. The molecule has 10 aromatic carbocycles. The normalized spacial score (nSPS) is 12.0. The van der Waals surface area contributed by atoms with Crippen LogP contribution in [0.2, 0.25) is 0 Å². The zero-order chi connectivity index (χ0) is 41.7. The fraction of sp³-hybridized carbons (Fsp3) is 0.0323. The topological polar surface area (TPSA) is 3.24 Å². The molecule has 0 spiro atoms. The van der Waals surface area contributed by atoms with Crippen molar-refractivity contribution in [1.82, 2.24) is 0 Å². The molecule has 12 rings (SSSR count). The third-order valence-corrected chi connectivity index (χ3v) is 13.2. The highest BCUT2D eigenvalue weighted by atomic mass is 15.1. The van der Waals surface area contributed by atoms with E-state index in [1.165, 1.54) is 100 Å². The van der Waals surface area contributed by atoms with Gasteiger partial charge >= 0.3 is 0 Å². The van der Waals surface area contributed by atoms with Crippen LogP contribution in [0.25, 0.3) is 77.9 Å². The second-order valence-electron chi connectivity index (χ2n) is 16.9. The van der Waals surface area contributed by atoms with Gasteiger partial charge in [-0.05, 0) is 162 Å². The van der Waals surface area contributed by atoms with Crippen molar-refractivity contribution in [1.29, 1.82) is 0 Å². The summed E-state index contributed by atoms with van der Waals surface area (Å²) in [6.45, 7) is 0. The summed E-state index contributed by atoms with van der Waals surface area (Å²) in [5, 5.41) is 0. The monoisotopic (exact) mass is 801 g/mol. The van der Waals surface area contributed by atoms with Gasteiger partial charge in [-0.2, -0.15) is 0 Å². The van der Waals surface area contributed by atoms with Crippen molar-refractivity contribution in [2.24, 2.45) is 0 Å². The van der Waals surface area contributed by atoms with Crippen molar-refractivity contribution >= 4 is 17.1 Å². The van der Waals surface area contributed by atoms with Crippen molar-refractivity contribution in [3.05, 3.63) is 259 Å². The van der Waals surface area contributed by atoms with Crippen LogP contribution in [0, 0.1) is 0 Å². The third kappa shape index (κ3) is 6.85. The molecule has 0 saturated carbocycles. The second kappa shape index (κ2) is 15.5. The van der Waals surface area contributed by atoms with E-state index in [-0.39, 0.29) is 0 Å². The van der Waals surface area contributed by atoms with E-state index in [0.29, 0.717) is 0 Å². The van der Waals surface area contributed by atoms with Crippen LogP contribution in [0.15, 0.2) is 237 Å². The lowest BCUT2D eigenvalue weighted by Gasteiger charge is -2.26. The Kier molecular flexibility index (Phi) is 9.04. The molecule has 2 aliphatic carbocycles. The van der Waals surface area contributed by atoms with Gasteiger partial charge in [0, 0.05) is 17.1 Å². The van der Waals surface area contributed by atoms with Crippen LogP contribution in [0.1, 0.15) is 22.3 Å². The molecule has 0 radical (unpaired) electrons. The zero-order valence-corrected chi connectivity index (χ0v) is 34.9. The van der Waals surface area contributed by atoms with Gasteiger partial charge in [0.25, 0.3) is 0 Å². The molecule has 10 aromatic rings. The summed E-state index contributed by atoms with van der Waals surface area (Å²) >= 11 is 0. The Hall–Kier alpha value is -8.00. The number of nitrogens with zero attached hydrogens (tertiary/aromatic N) is 1. The number of anilines is 3. The highest BCUT2D eigenvalue weighted by Crippen LogP contribution is 2.42. The van der Waals surface area contributed by atoms with E-state index in [2.05, 4.69) is 241 Å². The Balaban J connectivity index is 0.820. The predicted octanol–water partition coefficient (Wildman–Crippen LogP) is 16.6. The second-order valence-corrected chi connectivity index (χ2v) is 16.9. The highest BCUT2D eigenvalue weighted by molar-refractivity contribution is 5.85. The molecule has 296 valence electrons. The first-order valence-corrected chi connectivity index (χ1v) is 22.0. The van der Waals surface area contributed by atoms with Gasteiger partial charge in [0.2, 0.25) is 0 Å². The lowest BCUT2D eigenvalue weighted by molar-refractivity contribution is 1.26. The van der Waals surface area contributed by atoms with Crippen molar-refractivity contribution in [2.45, 2.75) is 12.8 Å². The van der Waals surface area contributed by atoms with Gasteiger partial charge in [0.15, 0.2) is 0 Å². The van der Waals surface area contributed by atoms with Crippen LogP contribution in [0.3, 0.4) is 0 Å². The van der Waals surface area contributed by atoms with E-state index in [0.717, 1.165) is 29.9 Å². The Morgan fingerprint density at radius 3 is 0.857 bits per heavy atom. The molecule has 63 heavy (non-hydrogen) atoms. The first-order chi connectivity index (χ1) is 31.2. The van der Waals surface area contributed by atoms with Gasteiger partial charge in [-0.3, -0.25) is 0 Å². The lowest BCUT2D eigenvalue weighted by Crippen LogP contribution is -2.09. The molecule has 0 unspecified atom stereocenters. The molecule has 0 heterocycles. The van der Waals surface area contributed by atoms with E-state index in [4.69, 9.17) is 0 Å². The molecule has 0 N–H and O–H groups in total. The highest BCUT2D eigenvalue weighted by Gasteiger charge is 2.20. The minimum atomic E-state index is 1.02. The van der Waals surface area contributed by atoms with Gasteiger partial charge in [0.1, 0.15) is 0 Å². The van der Waals surface area contributed by atoms with Crippen molar-refractivity contribution < 1.29 is 0 Å². The average Bonchev–Trinajstić information content (AvgIpc) is 3.93. The number of hydrogen-bond donors (Lipinski definition) is 0. The van der Waals surface area contributed by atoms with Gasteiger partial charge in [0.05, 0.1) is 0 Å². The molecule has 1 nitrogen and oxygen atoms in total. The molecule has 0 saturated heterocycles. The van der Waals surface area contributed by atoms with E-state index >= 15 is 0 Å². The number of hydrogen-bond acceptors (Lipinski definition) is 1. The Bertz CT molecular complexity index is 3090. The molecule has 2 aliphatic rings. The molecule has 0 aromatic heterocycles. The summed E-state index contributed by atoms with van der Waals surface area (Å²) in [7, 11) is 0. The molecule has 0 bridgehead atoms. The Labute approximate surface area is 369 Å². The SMILES string of the molecule is c1ccc(-c2ccc(N(c3ccc(-c4ccc(-c5ccc6c(c5)-c5ccccc5C6)cc4)cc3)c3ccc(-c4ccc(-c5ccc6c(c5)-c5ccccc5C6)cc4)cc3)cc2)cc1. The summed E-state index contributed by atoms with van der Waals surface area (Å²) in [6.07, 6.45) is 2.04. The van der Waals surface area contributed by atoms with E-state index in [9.17, 15) is 0 Å². The molecule has 1 heteroatoms. The summed E-state index contributed by atoms with van der Waals surface area (Å²) in [4.78, 5) is 2.35. The predicted molar refractivity (Wildman–Crippen MR) is 265 cm³/mol. The minimum absolute atomic E-state index is 1.02. The van der Waals surface area contributed by atoms with Gasteiger partial charge in [-0.15, -0.1) is 0 Å².